The van der Waals surface area contributed by atoms with Gasteiger partial charge in [-0.25, -0.2) is 0 Å². The van der Waals surface area contributed by atoms with E-state index >= 15 is 0 Å². The summed E-state index contributed by atoms with van der Waals surface area (Å²) in [6.07, 6.45) is 14.2. The molecule has 0 spiro atoms. The lowest BCUT2D eigenvalue weighted by atomic mass is 10.0. The number of allylic oxidation sites excluding steroid dienone is 2. The Morgan fingerprint density at radius 1 is 0.889 bits per heavy atom. The van der Waals surface area contributed by atoms with Crippen LogP contribution in [0.1, 0.15) is 106 Å². The number of rotatable bonds is 20. The lowest BCUT2D eigenvalue weighted by molar-refractivity contribution is -0.166. The molecule has 1 aliphatic rings. The van der Waals surface area contributed by atoms with E-state index in [2.05, 4.69) is 22.4 Å². The molecule has 0 atom stereocenters. The summed E-state index contributed by atoms with van der Waals surface area (Å²) in [7, 11) is 0. The van der Waals surface area contributed by atoms with Gasteiger partial charge >= 0.3 is 17.8 Å². The largest absolute Gasteiger partial charge is 0.493 e. The number of aliphatic carboxylic acids is 1. The quantitative estimate of drug-likeness (QED) is 0.109. The first-order valence-corrected chi connectivity index (χ1v) is 12.9. The first-order chi connectivity index (χ1) is 17.3. The van der Waals surface area contributed by atoms with Gasteiger partial charge in [0.1, 0.15) is 5.75 Å². The maximum absolute atomic E-state index is 13.2. The number of carboxylic acid groups (broad SMARTS) is 1. The molecule has 0 amide bonds. The number of halogens is 3. The zero-order valence-corrected chi connectivity index (χ0v) is 20.8. The molecule has 9 heteroatoms. The van der Waals surface area contributed by atoms with E-state index in [4.69, 9.17) is 9.84 Å². The van der Waals surface area contributed by atoms with E-state index in [1.54, 1.807) is 0 Å². The summed E-state index contributed by atoms with van der Waals surface area (Å²) in [6.45, 7) is 0.333. The number of carboxylic acids is 1. The molecule has 1 heterocycles. The lowest BCUT2D eigenvalue weighted by Gasteiger charge is -2.16. The number of carbonyl (C=O) groups is 2. The molecule has 1 aromatic carbocycles. The first kappa shape index (κ1) is 29.5. The maximum Gasteiger partial charge on any atom is 0.442 e. The molecule has 1 N–H and O–H groups in total. The standard InChI is InChI=1S/C27H37F3N2O4/c28-27(29,30)26(31-32-26)23-18-17-22(21-33)24(20-23)36-19-15-13-11-9-7-5-3-1-2-4-6-8-10-12-14-16-25(34)35/h1-2,17-18,20-21H,3-16,19H2,(H,34,35)/b2-1-. The smallest absolute Gasteiger partial charge is 0.442 e. The van der Waals surface area contributed by atoms with Crippen LogP contribution in [-0.2, 0) is 10.5 Å². The van der Waals surface area contributed by atoms with Crippen LogP contribution in [0.4, 0.5) is 13.2 Å². The number of ether oxygens (including phenoxy) is 1. The van der Waals surface area contributed by atoms with Gasteiger partial charge in [-0.3, -0.25) is 9.59 Å². The predicted molar refractivity (Wildman–Crippen MR) is 131 cm³/mol. The molecule has 2 rings (SSSR count). The number of unbranched alkanes of at least 4 members (excludes halogenated alkanes) is 11. The molecule has 0 saturated heterocycles. The summed E-state index contributed by atoms with van der Waals surface area (Å²) < 4.78 is 45.3. The van der Waals surface area contributed by atoms with Gasteiger partial charge in [0.15, 0.2) is 6.29 Å². The molecule has 200 valence electrons. The van der Waals surface area contributed by atoms with Gasteiger partial charge in [0.2, 0.25) is 0 Å². The summed E-state index contributed by atoms with van der Waals surface area (Å²) in [4.78, 5) is 21.7. The molecular formula is C27H37F3N2O4. The second kappa shape index (κ2) is 15.4. The fourth-order valence-electron chi connectivity index (χ4n) is 3.97. The molecular weight excluding hydrogens is 473 g/mol. The molecule has 0 bridgehead atoms. The van der Waals surface area contributed by atoms with Crippen LogP contribution in [0.5, 0.6) is 5.75 Å². The molecule has 0 aromatic heterocycles. The second-order valence-corrected chi connectivity index (χ2v) is 9.17. The van der Waals surface area contributed by atoms with Crippen LogP contribution in [0.2, 0.25) is 0 Å². The van der Waals surface area contributed by atoms with Gasteiger partial charge in [-0.05, 0) is 50.7 Å². The van der Waals surface area contributed by atoms with Crippen LogP contribution in [0.3, 0.4) is 0 Å². The topological polar surface area (TPSA) is 88.3 Å². The van der Waals surface area contributed by atoms with Crippen LogP contribution in [0.15, 0.2) is 40.6 Å². The van der Waals surface area contributed by atoms with Gasteiger partial charge in [-0.1, -0.05) is 63.2 Å². The highest BCUT2D eigenvalue weighted by atomic mass is 19.4. The zero-order chi connectivity index (χ0) is 26.3. The van der Waals surface area contributed by atoms with Crippen LogP contribution < -0.4 is 4.74 Å². The van der Waals surface area contributed by atoms with Gasteiger partial charge in [0.25, 0.3) is 0 Å². The Morgan fingerprint density at radius 3 is 1.97 bits per heavy atom. The van der Waals surface area contributed by atoms with E-state index < -0.39 is 17.8 Å². The summed E-state index contributed by atoms with van der Waals surface area (Å²) in [5, 5.41) is 15.0. The van der Waals surface area contributed by atoms with E-state index in [0.717, 1.165) is 83.5 Å². The highest BCUT2D eigenvalue weighted by molar-refractivity contribution is 5.79. The van der Waals surface area contributed by atoms with Crippen molar-refractivity contribution in [2.24, 2.45) is 10.2 Å². The summed E-state index contributed by atoms with van der Waals surface area (Å²) >= 11 is 0. The number of carbonyl (C=O) groups excluding carboxylic acids is 1. The van der Waals surface area contributed by atoms with Gasteiger partial charge in [0.05, 0.1) is 12.2 Å². The average molecular weight is 511 g/mol. The maximum atomic E-state index is 13.2. The predicted octanol–water partition coefficient (Wildman–Crippen LogP) is 8.16. The van der Waals surface area contributed by atoms with Crippen molar-refractivity contribution in [3.05, 3.63) is 41.5 Å². The highest BCUT2D eigenvalue weighted by Crippen LogP contribution is 2.52. The van der Waals surface area contributed by atoms with Crippen LogP contribution in [-0.4, -0.2) is 30.1 Å². The molecule has 0 aliphatic carbocycles. The Labute approximate surface area is 211 Å². The fourth-order valence-corrected chi connectivity index (χ4v) is 3.97. The van der Waals surface area contributed by atoms with Crippen LogP contribution in [0, 0.1) is 0 Å². The third-order valence-electron chi connectivity index (χ3n) is 6.19. The van der Waals surface area contributed by atoms with Gasteiger partial charge in [-0.2, -0.15) is 13.2 Å². The Morgan fingerprint density at radius 2 is 1.44 bits per heavy atom. The Kier molecular flexibility index (Phi) is 12.6. The van der Waals surface area contributed by atoms with Crippen molar-refractivity contribution >= 4 is 12.3 Å². The molecule has 1 aliphatic heterocycles. The van der Waals surface area contributed by atoms with E-state index in [9.17, 15) is 22.8 Å². The molecule has 0 fully saturated rings. The molecule has 1 aromatic rings. The molecule has 0 radical (unpaired) electrons. The monoisotopic (exact) mass is 510 g/mol. The Hall–Kier alpha value is -2.71. The molecule has 6 nitrogen and oxygen atoms in total. The van der Waals surface area contributed by atoms with Gasteiger partial charge < -0.3 is 9.84 Å². The first-order valence-electron chi connectivity index (χ1n) is 12.9. The van der Waals surface area contributed by atoms with Crippen molar-refractivity contribution in [2.75, 3.05) is 6.61 Å². The zero-order valence-electron chi connectivity index (χ0n) is 20.8. The third-order valence-corrected chi connectivity index (χ3v) is 6.19. The van der Waals surface area contributed by atoms with Crippen LogP contribution >= 0.6 is 0 Å². The van der Waals surface area contributed by atoms with Crippen LogP contribution in [0.25, 0.3) is 0 Å². The van der Waals surface area contributed by atoms with E-state index in [1.807, 2.05) is 0 Å². The van der Waals surface area contributed by atoms with E-state index in [1.165, 1.54) is 18.2 Å². The lowest BCUT2D eigenvalue weighted by Crippen LogP contribution is -2.30. The normalized spacial score (nSPS) is 14.3. The van der Waals surface area contributed by atoms with Crippen molar-refractivity contribution in [1.82, 2.24) is 0 Å². The molecule has 0 unspecified atom stereocenters. The van der Waals surface area contributed by atoms with Gasteiger partial charge in [0, 0.05) is 12.0 Å². The second-order valence-electron chi connectivity index (χ2n) is 9.17. The Balaban J connectivity index is 1.49. The summed E-state index contributed by atoms with van der Waals surface area (Å²) in [5.74, 6) is -0.581. The minimum absolute atomic E-state index is 0.133. The number of benzene rings is 1. The number of hydrogen-bond donors (Lipinski definition) is 1. The third kappa shape index (κ3) is 10.1. The number of nitrogens with zero attached hydrogens (tertiary/aromatic N) is 2. The SMILES string of the molecule is O=Cc1ccc(C2(C(F)(F)F)N=N2)cc1OCCCCCCCC/C=C\CCCCCCCC(=O)O. The molecule has 0 saturated carbocycles. The minimum atomic E-state index is -4.62. The summed E-state index contributed by atoms with van der Waals surface area (Å²) in [5.41, 5.74) is -2.45. The number of hydrogen-bond acceptors (Lipinski definition) is 5. The van der Waals surface area contributed by atoms with Crippen molar-refractivity contribution in [2.45, 2.75) is 102 Å². The number of aldehydes is 1. The van der Waals surface area contributed by atoms with E-state index in [0.29, 0.717) is 12.9 Å². The van der Waals surface area contributed by atoms with Crippen molar-refractivity contribution in [3.8, 4) is 5.75 Å². The summed E-state index contributed by atoms with van der Waals surface area (Å²) in [6, 6.07) is 3.74. The number of alkyl halides is 3. The van der Waals surface area contributed by atoms with Gasteiger partial charge in [-0.15, -0.1) is 10.2 Å². The highest BCUT2D eigenvalue weighted by Gasteiger charge is 2.65. The molecule has 36 heavy (non-hydrogen) atoms. The minimum Gasteiger partial charge on any atom is -0.493 e. The fraction of sp³-hybridized carbons (Fsp3) is 0.630. The Bertz CT molecular complexity index is 878. The van der Waals surface area contributed by atoms with Crippen molar-refractivity contribution in [3.63, 3.8) is 0 Å². The average Bonchev–Trinajstić information content (AvgIpc) is 3.65. The van der Waals surface area contributed by atoms with Crippen molar-refractivity contribution in [1.29, 1.82) is 0 Å². The van der Waals surface area contributed by atoms with Crippen molar-refractivity contribution < 1.29 is 32.6 Å². The van der Waals surface area contributed by atoms with E-state index in [-0.39, 0.29) is 23.3 Å².